The fourth-order valence-corrected chi connectivity index (χ4v) is 3.09. The van der Waals surface area contributed by atoms with E-state index in [2.05, 4.69) is 38.5 Å². The zero-order valence-electron chi connectivity index (χ0n) is 13.2. The Hall–Kier alpha value is -1.66. The van der Waals surface area contributed by atoms with Gasteiger partial charge in [-0.2, -0.15) is 0 Å². The van der Waals surface area contributed by atoms with Crippen molar-refractivity contribution in [3.05, 3.63) is 23.9 Å². The monoisotopic (exact) mass is 303 g/mol. The van der Waals surface area contributed by atoms with Crippen molar-refractivity contribution in [3.63, 3.8) is 0 Å². The van der Waals surface area contributed by atoms with Gasteiger partial charge in [0, 0.05) is 44.5 Å². The van der Waals surface area contributed by atoms with Crippen LogP contribution >= 0.6 is 0 Å². The quantitative estimate of drug-likeness (QED) is 0.832. The average molecular weight is 303 g/mol. The number of anilines is 1. The Bertz CT molecular complexity index is 507. The standard InChI is InChI=1S/C16H25N5O/c1-20-8-10-21(11-9-20)15-13(4-2-7-18-15)12-19-16(22)14-5-3-6-17-14/h2,4,7,14,17H,3,5-6,8-12H2,1H3,(H,19,22). The first-order valence-electron chi connectivity index (χ1n) is 8.12. The molecule has 1 aromatic heterocycles. The van der Waals surface area contributed by atoms with E-state index in [0.717, 1.165) is 56.9 Å². The maximum absolute atomic E-state index is 12.1. The Balaban J connectivity index is 1.62. The molecule has 22 heavy (non-hydrogen) atoms. The van der Waals surface area contributed by atoms with Crippen LogP contribution in [0.15, 0.2) is 18.3 Å². The minimum atomic E-state index is -0.0243. The third-order valence-corrected chi connectivity index (χ3v) is 4.50. The molecule has 0 spiro atoms. The zero-order chi connectivity index (χ0) is 15.4. The lowest BCUT2D eigenvalue weighted by Crippen LogP contribution is -2.45. The van der Waals surface area contributed by atoms with Gasteiger partial charge < -0.3 is 20.4 Å². The molecule has 2 aliphatic rings. The van der Waals surface area contributed by atoms with Gasteiger partial charge in [-0.25, -0.2) is 4.98 Å². The number of rotatable bonds is 4. The van der Waals surface area contributed by atoms with E-state index < -0.39 is 0 Å². The predicted molar refractivity (Wildman–Crippen MR) is 86.8 cm³/mol. The normalized spacial score (nSPS) is 22.8. The van der Waals surface area contributed by atoms with Gasteiger partial charge in [0.25, 0.3) is 0 Å². The molecule has 0 aliphatic carbocycles. The Morgan fingerprint density at radius 1 is 1.41 bits per heavy atom. The fraction of sp³-hybridized carbons (Fsp3) is 0.625. The van der Waals surface area contributed by atoms with Crippen molar-refractivity contribution in [2.75, 3.05) is 44.7 Å². The average Bonchev–Trinajstić information content (AvgIpc) is 3.08. The summed E-state index contributed by atoms with van der Waals surface area (Å²) >= 11 is 0. The second-order valence-corrected chi connectivity index (χ2v) is 6.14. The summed E-state index contributed by atoms with van der Waals surface area (Å²) in [4.78, 5) is 21.3. The maximum atomic E-state index is 12.1. The molecule has 1 amide bonds. The Labute approximate surface area is 131 Å². The van der Waals surface area contributed by atoms with Crippen molar-refractivity contribution in [2.24, 2.45) is 0 Å². The van der Waals surface area contributed by atoms with Gasteiger partial charge in [-0.3, -0.25) is 4.79 Å². The smallest absolute Gasteiger partial charge is 0.237 e. The summed E-state index contributed by atoms with van der Waals surface area (Å²) in [5, 5.41) is 6.28. The maximum Gasteiger partial charge on any atom is 0.237 e. The second-order valence-electron chi connectivity index (χ2n) is 6.14. The van der Waals surface area contributed by atoms with Crippen molar-refractivity contribution in [3.8, 4) is 0 Å². The SMILES string of the molecule is CN1CCN(c2ncccc2CNC(=O)C2CCCN2)CC1. The molecule has 2 aliphatic heterocycles. The summed E-state index contributed by atoms with van der Waals surface area (Å²) in [5.41, 5.74) is 1.10. The molecule has 0 bridgehead atoms. The highest BCUT2D eigenvalue weighted by Crippen LogP contribution is 2.18. The van der Waals surface area contributed by atoms with E-state index in [-0.39, 0.29) is 11.9 Å². The molecule has 3 heterocycles. The van der Waals surface area contributed by atoms with Crippen LogP contribution < -0.4 is 15.5 Å². The molecule has 1 aromatic rings. The minimum Gasteiger partial charge on any atom is -0.354 e. The minimum absolute atomic E-state index is 0.0243. The summed E-state index contributed by atoms with van der Waals surface area (Å²) in [6.45, 7) is 5.56. The Morgan fingerprint density at radius 2 is 2.23 bits per heavy atom. The number of amides is 1. The molecule has 6 heteroatoms. The van der Waals surface area contributed by atoms with Crippen molar-refractivity contribution in [1.82, 2.24) is 20.5 Å². The van der Waals surface area contributed by atoms with E-state index in [1.54, 1.807) is 0 Å². The first-order chi connectivity index (χ1) is 10.7. The number of piperazine rings is 1. The molecule has 120 valence electrons. The van der Waals surface area contributed by atoms with Gasteiger partial charge in [0.2, 0.25) is 5.91 Å². The van der Waals surface area contributed by atoms with E-state index >= 15 is 0 Å². The number of likely N-dealkylation sites (N-methyl/N-ethyl adjacent to an activating group) is 1. The Kier molecular flexibility index (Phi) is 4.90. The van der Waals surface area contributed by atoms with Gasteiger partial charge in [0.05, 0.1) is 6.04 Å². The lowest BCUT2D eigenvalue weighted by Gasteiger charge is -2.34. The van der Waals surface area contributed by atoms with Crippen LogP contribution in [0.4, 0.5) is 5.82 Å². The van der Waals surface area contributed by atoms with Gasteiger partial charge in [0.1, 0.15) is 5.82 Å². The first-order valence-corrected chi connectivity index (χ1v) is 8.12. The highest BCUT2D eigenvalue weighted by molar-refractivity contribution is 5.82. The Morgan fingerprint density at radius 3 is 2.95 bits per heavy atom. The molecule has 2 N–H and O–H groups in total. The highest BCUT2D eigenvalue weighted by atomic mass is 16.2. The summed E-state index contributed by atoms with van der Waals surface area (Å²) in [6, 6.07) is 3.97. The zero-order valence-corrected chi connectivity index (χ0v) is 13.2. The van der Waals surface area contributed by atoms with Crippen LogP contribution in [0.2, 0.25) is 0 Å². The number of hydrogen-bond acceptors (Lipinski definition) is 5. The van der Waals surface area contributed by atoms with Crippen LogP contribution in [0.1, 0.15) is 18.4 Å². The van der Waals surface area contributed by atoms with Crippen molar-refractivity contribution >= 4 is 11.7 Å². The molecule has 3 rings (SSSR count). The van der Waals surface area contributed by atoms with E-state index in [0.29, 0.717) is 6.54 Å². The van der Waals surface area contributed by atoms with Crippen molar-refractivity contribution in [2.45, 2.75) is 25.4 Å². The van der Waals surface area contributed by atoms with Gasteiger partial charge in [-0.1, -0.05) is 6.07 Å². The third kappa shape index (κ3) is 3.56. The van der Waals surface area contributed by atoms with E-state index in [9.17, 15) is 4.79 Å². The van der Waals surface area contributed by atoms with E-state index in [1.807, 2.05) is 12.3 Å². The molecule has 2 fully saturated rings. The highest BCUT2D eigenvalue weighted by Gasteiger charge is 2.22. The molecular weight excluding hydrogens is 278 g/mol. The number of hydrogen-bond donors (Lipinski definition) is 2. The van der Waals surface area contributed by atoms with Crippen molar-refractivity contribution in [1.29, 1.82) is 0 Å². The van der Waals surface area contributed by atoms with Crippen LogP contribution in [0.3, 0.4) is 0 Å². The molecule has 6 nitrogen and oxygen atoms in total. The fourth-order valence-electron chi connectivity index (χ4n) is 3.09. The first kappa shape index (κ1) is 15.2. The number of pyridine rings is 1. The predicted octanol–water partition coefficient (Wildman–Crippen LogP) is 0.202. The van der Waals surface area contributed by atoms with Crippen LogP contribution in [0.25, 0.3) is 0 Å². The molecule has 0 aromatic carbocycles. The van der Waals surface area contributed by atoms with Gasteiger partial charge in [-0.15, -0.1) is 0 Å². The van der Waals surface area contributed by atoms with E-state index in [4.69, 9.17) is 0 Å². The number of aromatic nitrogens is 1. The summed E-state index contributed by atoms with van der Waals surface area (Å²) in [7, 11) is 2.14. The lowest BCUT2D eigenvalue weighted by atomic mass is 10.2. The van der Waals surface area contributed by atoms with Crippen LogP contribution in [0, 0.1) is 0 Å². The number of nitrogens with zero attached hydrogens (tertiary/aromatic N) is 3. The molecule has 1 atom stereocenters. The summed E-state index contributed by atoms with van der Waals surface area (Å²) in [5.74, 6) is 1.11. The number of carbonyl (C=O) groups is 1. The van der Waals surface area contributed by atoms with E-state index in [1.165, 1.54) is 0 Å². The van der Waals surface area contributed by atoms with Crippen LogP contribution in [-0.4, -0.2) is 61.6 Å². The van der Waals surface area contributed by atoms with Crippen LogP contribution in [0.5, 0.6) is 0 Å². The molecule has 0 radical (unpaired) electrons. The van der Waals surface area contributed by atoms with Crippen LogP contribution in [-0.2, 0) is 11.3 Å². The second kappa shape index (κ2) is 7.07. The molecule has 0 saturated carbocycles. The number of nitrogens with one attached hydrogen (secondary N) is 2. The molecule has 2 saturated heterocycles. The molecule has 1 unspecified atom stereocenters. The summed E-state index contributed by atoms with van der Waals surface area (Å²) < 4.78 is 0. The lowest BCUT2D eigenvalue weighted by molar-refractivity contribution is -0.122. The summed E-state index contributed by atoms with van der Waals surface area (Å²) in [6.07, 6.45) is 3.85. The third-order valence-electron chi connectivity index (χ3n) is 4.50. The topological polar surface area (TPSA) is 60.5 Å². The van der Waals surface area contributed by atoms with Gasteiger partial charge >= 0.3 is 0 Å². The largest absolute Gasteiger partial charge is 0.354 e. The van der Waals surface area contributed by atoms with Gasteiger partial charge in [-0.05, 0) is 32.5 Å². The number of carbonyl (C=O) groups excluding carboxylic acids is 1. The van der Waals surface area contributed by atoms with Crippen molar-refractivity contribution < 1.29 is 4.79 Å². The van der Waals surface area contributed by atoms with Gasteiger partial charge in [0.15, 0.2) is 0 Å². The molecular formula is C16H25N5O.